The number of carbonyl (C=O) groups is 4. The maximum atomic E-state index is 12.4. The highest BCUT2D eigenvalue weighted by molar-refractivity contribution is 6.09. The molecule has 0 heterocycles. The summed E-state index contributed by atoms with van der Waals surface area (Å²) in [5.41, 5.74) is 2.21. The van der Waals surface area contributed by atoms with E-state index in [2.05, 4.69) is 10.6 Å². The first-order chi connectivity index (χ1) is 14.9. The average Bonchev–Trinajstić information content (AvgIpc) is 2.77. The van der Waals surface area contributed by atoms with E-state index in [0.29, 0.717) is 22.5 Å². The Morgan fingerprint density at radius 2 is 1.29 bits per heavy atom. The smallest absolute Gasteiger partial charge is 0.338 e. The quantitative estimate of drug-likeness (QED) is 0.452. The largest absolute Gasteiger partial charge is 0.452 e. The Labute approximate surface area is 179 Å². The molecule has 3 aromatic rings. The molecule has 0 spiro atoms. The lowest BCUT2D eigenvalue weighted by Gasteiger charge is -2.09. The molecular formula is C24H20N2O5. The normalized spacial score (nSPS) is 10.1. The molecule has 3 rings (SSSR count). The van der Waals surface area contributed by atoms with Crippen molar-refractivity contribution in [1.82, 2.24) is 0 Å². The Morgan fingerprint density at radius 1 is 0.710 bits per heavy atom. The van der Waals surface area contributed by atoms with Crippen LogP contribution in [0.15, 0.2) is 78.9 Å². The van der Waals surface area contributed by atoms with Crippen LogP contribution < -0.4 is 10.6 Å². The van der Waals surface area contributed by atoms with Gasteiger partial charge in [-0.2, -0.15) is 0 Å². The first kappa shape index (κ1) is 21.4. The fourth-order valence-corrected chi connectivity index (χ4v) is 2.80. The van der Waals surface area contributed by atoms with Gasteiger partial charge in [0.25, 0.3) is 5.91 Å². The molecule has 0 bridgehead atoms. The van der Waals surface area contributed by atoms with Crippen LogP contribution >= 0.6 is 0 Å². The molecule has 0 aromatic heterocycles. The minimum Gasteiger partial charge on any atom is -0.452 e. The van der Waals surface area contributed by atoms with Crippen molar-refractivity contribution < 1.29 is 23.9 Å². The van der Waals surface area contributed by atoms with E-state index in [0.717, 1.165) is 0 Å². The van der Waals surface area contributed by atoms with Crippen LogP contribution in [-0.2, 0) is 14.3 Å². The third kappa shape index (κ3) is 6.11. The lowest BCUT2D eigenvalue weighted by Crippen LogP contribution is -2.21. The van der Waals surface area contributed by atoms with Crippen LogP contribution in [-0.4, -0.2) is 30.2 Å². The zero-order valence-electron chi connectivity index (χ0n) is 16.8. The summed E-state index contributed by atoms with van der Waals surface area (Å²) >= 11 is 0. The Bertz CT molecular complexity index is 1110. The average molecular weight is 416 g/mol. The van der Waals surface area contributed by atoms with Gasteiger partial charge in [-0.3, -0.25) is 14.4 Å². The number of esters is 1. The van der Waals surface area contributed by atoms with Gasteiger partial charge in [0, 0.05) is 29.4 Å². The minimum atomic E-state index is -0.680. The number of benzene rings is 3. The fraction of sp³-hybridized carbons (Fsp3) is 0.0833. The number of rotatable bonds is 7. The minimum absolute atomic E-state index is 0.151. The van der Waals surface area contributed by atoms with Gasteiger partial charge in [-0.1, -0.05) is 48.5 Å². The highest BCUT2D eigenvalue weighted by Gasteiger charge is 2.13. The molecule has 7 heteroatoms. The molecule has 0 atom stereocenters. The van der Waals surface area contributed by atoms with Crippen molar-refractivity contribution >= 4 is 34.9 Å². The number of amides is 2. The number of ketones is 1. The zero-order chi connectivity index (χ0) is 22.2. The number of hydrogen-bond donors (Lipinski definition) is 2. The van der Waals surface area contributed by atoms with Crippen LogP contribution in [0.5, 0.6) is 0 Å². The van der Waals surface area contributed by atoms with Gasteiger partial charge in [0.15, 0.2) is 12.4 Å². The number of anilines is 2. The van der Waals surface area contributed by atoms with Crippen LogP contribution in [0, 0.1) is 0 Å². The first-order valence-corrected chi connectivity index (χ1v) is 9.47. The van der Waals surface area contributed by atoms with Crippen molar-refractivity contribution in [2.45, 2.75) is 6.92 Å². The summed E-state index contributed by atoms with van der Waals surface area (Å²) in [6, 6.07) is 21.4. The second kappa shape index (κ2) is 9.98. The van der Waals surface area contributed by atoms with E-state index in [4.69, 9.17) is 4.74 Å². The number of carbonyl (C=O) groups excluding carboxylic acids is 4. The summed E-state index contributed by atoms with van der Waals surface area (Å²) in [6.07, 6.45) is 0. The SMILES string of the molecule is CC(=O)Nc1cccc(NC(=O)COC(=O)c2ccc(C(=O)c3ccccc3)cc2)c1. The highest BCUT2D eigenvalue weighted by Crippen LogP contribution is 2.15. The molecule has 0 aliphatic heterocycles. The monoisotopic (exact) mass is 416 g/mol. The molecule has 0 saturated heterocycles. The Hall–Kier alpha value is -4.26. The molecule has 0 radical (unpaired) electrons. The van der Waals surface area contributed by atoms with Gasteiger partial charge in [-0.05, 0) is 30.3 Å². The van der Waals surface area contributed by atoms with E-state index in [1.54, 1.807) is 60.7 Å². The predicted octanol–water partition coefficient (Wildman–Crippen LogP) is 3.67. The standard InChI is InChI=1S/C24H20N2O5/c1-16(27)25-20-8-5-9-21(14-20)26-22(28)15-31-24(30)19-12-10-18(11-13-19)23(29)17-6-3-2-4-7-17/h2-14H,15H2,1H3,(H,25,27)(H,26,28). The molecule has 0 saturated carbocycles. The molecule has 156 valence electrons. The molecule has 0 unspecified atom stereocenters. The van der Waals surface area contributed by atoms with E-state index >= 15 is 0 Å². The van der Waals surface area contributed by atoms with Crippen LogP contribution in [0.4, 0.5) is 11.4 Å². The van der Waals surface area contributed by atoms with Gasteiger partial charge >= 0.3 is 5.97 Å². The third-order valence-corrected chi connectivity index (χ3v) is 4.22. The molecule has 7 nitrogen and oxygen atoms in total. The van der Waals surface area contributed by atoms with Crippen molar-refractivity contribution in [3.8, 4) is 0 Å². The molecule has 2 amide bonds. The van der Waals surface area contributed by atoms with Crippen LogP contribution in [0.25, 0.3) is 0 Å². The maximum Gasteiger partial charge on any atom is 0.338 e. The van der Waals surface area contributed by atoms with Gasteiger partial charge in [0.2, 0.25) is 5.91 Å². The molecule has 31 heavy (non-hydrogen) atoms. The van der Waals surface area contributed by atoms with E-state index in [1.165, 1.54) is 19.1 Å². The fourth-order valence-electron chi connectivity index (χ4n) is 2.80. The topological polar surface area (TPSA) is 102 Å². The number of hydrogen-bond acceptors (Lipinski definition) is 5. The van der Waals surface area contributed by atoms with Gasteiger partial charge in [0.05, 0.1) is 5.56 Å². The predicted molar refractivity (Wildman–Crippen MR) is 116 cm³/mol. The van der Waals surface area contributed by atoms with Crippen LogP contribution in [0.1, 0.15) is 33.2 Å². The Kier molecular flexibility index (Phi) is 6.90. The molecule has 0 aliphatic carbocycles. The molecular weight excluding hydrogens is 396 g/mol. The second-order valence-electron chi connectivity index (χ2n) is 6.66. The summed E-state index contributed by atoms with van der Waals surface area (Å²) in [7, 11) is 0. The van der Waals surface area contributed by atoms with Gasteiger partial charge < -0.3 is 15.4 Å². The van der Waals surface area contributed by atoms with Crippen molar-refractivity contribution in [3.63, 3.8) is 0 Å². The highest BCUT2D eigenvalue weighted by atomic mass is 16.5. The Morgan fingerprint density at radius 3 is 1.94 bits per heavy atom. The van der Waals surface area contributed by atoms with E-state index in [-0.39, 0.29) is 17.3 Å². The summed E-state index contributed by atoms with van der Waals surface area (Å²) in [5, 5.41) is 5.21. The van der Waals surface area contributed by atoms with Gasteiger partial charge in [-0.15, -0.1) is 0 Å². The summed E-state index contributed by atoms with van der Waals surface area (Å²) in [4.78, 5) is 47.8. The molecule has 0 aliphatic rings. The van der Waals surface area contributed by atoms with E-state index in [9.17, 15) is 19.2 Å². The van der Waals surface area contributed by atoms with Crippen LogP contribution in [0.3, 0.4) is 0 Å². The van der Waals surface area contributed by atoms with E-state index in [1.807, 2.05) is 6.07 Å². The molecule has 0 fully saturated rings. The third-order valence-electron chi connectivity index (χ3n) is 4.22. The summed E-state index contributed by atoms with van der Waals surface area (Å²) < 4.78 is 5.04. The maximum absolute atomic E-state index is 12.4. The number of nitrogens with one attached hydrogen (secondary N) is 2. The van der Waals surface area contributed by atoms with Crippen molar-refractivity contribution in [3.05, 3.63) is 95.6 Å². The summed E-state index contributed by atoms with van der Waals surface area (Å²) in [5.74, 6) is -1.58. The first-order valence-electron chi connectivity index (χ1n) is 9.47. The lowest BCUT2D eigenvalue weighted by molar-refractivity contribution is -0.119. The Balaban J connectivity index is 1.54. The van der Waals surface area contributed by atoms with Crippen LogP contribution in [0.2, 0.25) is 0 Å². The van der Waals surface area contributed by atoms with Crippen molar-refractivity contribution in [2.24, 2.45) is 0 Å². The zero-order valence-corrected chi connectivity index (χ0v) is 16.8. The molecule has 2 N–H and O–H groups in total. The van der Waals surface area contributed by atoms with E-state index < -0.39 is 18.5 Å². The lowest BCUT2D eigenvalue weighted by atomic mass is 10.0. The molecule has 3 aromatic carbocycles. The van der Waals surface area contributed by atoms with Crippen molar-refractivity contribution in [2.75, 3.05) is 17.2 Å². The van der Waals surface area contributed by atoms with Gasteiger partial charge in [-0.25, -0.2) is 4.79 Å². The number of ether oxygens (including phenoxy) is 1. The summed E-state index contributed by atoms with van der Waals surface area (Å²) in [6.45, 7) is 0.905. The van der Waals surface area contributed by atoms with Crippen molar-refractivity contribution in [1.29, 1.82) is 0 Å². The van der Waals surface area contributed by atoms with Gasteiger partial charge in [0.1, 0.15) is 0 Å². The second-order valence-corrected chi connectivity index (χ2v) is 6.66.